The van der Waals surface area contributed by atoms with Gasteiger partial charge in [-0.2, -0.15) is 0 Å². The van der Waals surface area contributed by atoms with Crippen molar-refractivity contribution in [1.29, 1.82) is 0 Å². The fourth-order valence-electron chi connectivity index (χ4n) is 2.71. The molecule has 4 N–H and O–H groups in total. The number of hydrogen-bond acceptors (Lipinski definition) is 4. The molecule has 0 aromatic heterocycles. The van der Waals surface area contributed by atoms with Crippen molar-refractivity contribution in [3.63, 3.8) is 0 Å². The molecule has 0 saturated heterocycles. The summed E-state index contributed by atoms with van der Waals surface area (Å²) in [6.07, 6.45) is 2.30. The van der Waals surface area contributed by atoms with Crippen LogP contribution in [0.3, 0.4) is 0 Å². The summed E-state index contributed by atoms with van der Waals surface area (Å²) in [6, 6.07) is 7.53. The van der Waals surface area contributed by atoms with Gasteiger partial charge in [-0.25, -0.2) is 4.79 Å². The Labute approximate surface area is 131 Å². The highest BCUT2D eigenvalue weighted by Crippen LogP contribution is 2.35. The lowest BCUT2D eigenvalue weighted by Gasteiger charge is -2.36. The molecule has 5 nitrogen and oxygen atoms in total. The Bertz CT molecular complexity index is 512. The molecule has 5 heteroatoms. The van der Waals surface area contributed by atoms with Gasteiger partial charge < -0.3 is 15.6 Å². The highest BCUT2D eigenvalue weighted by atomic mass is 16.6. The number of aliphatic hydroxyl groups excluding tert-OH is 1. The predicted molar refractivity (Wildman–Crippen MR) is 86.6 cm³/mol. The van der Waals surface area contributed by atoms with Crippen LogP contribution in [-0.2, 0) is 10.3 Å². The van der Waals surface area contributed by atoms with Crippen LogP contribution in [0.4, 0.5) is 10.5 Å². The van der Waals surface area contributed by atoms with E-state index in [1.54, 1.807) is 0 Å². The molecule has 1 amide bonds. The van der Waals surface area contributed by atoms with Crippen molar-refractivity contribution in [3.8, 4) is 0 Å². The highest BCUT2D eigenvalue weighted by Gasteiger charge is 2.32. The van der Waals surface area contributed by atoms with Crippen molar-refractivity contribution < 1.29 is 14.6 Å². The Morgan fingerprint density at radius 3 is 2.32 bits per heavy atom. The molecule has 122 valence electrons. The van der Waals surface area contributed by atoms with Gasteiger partial charge in [0.05, 0.1) is 6.10 Å². The molecule has 0 aliphatic heterocycles. The number of ether oxygens (including phenoxy) is 1. The summed E-state index contributed by atoms with van der Waals surface area (Å²) >= 11 is 0. The maximum absolute atomic E-state index is 11.7. The maximum Gasteiger partial charge on any atom is 0.412 e. The lowest BCUT2D eigenvalue weighted by molar-refractivity contribution is 0.0636. The molecule has 22 heavy (non-hydrogen) atoms. The van der Waals surface area contributed by atoms with Crippen LogP contribution in [0.1, 0.15) is 52.0 Å². The number of amides is 1. The molecule has 0 bridgehead atoms. The number of carbonyl (C=O) groups excluding carboxylic acids is 1. The second-order valence-corrected chi connectivity index (χ2v) is 7.09. The first-order valence-electron chi connectivity index (χ1n) is 7.75. The van der Waals surface area contributed by atoms with Crippen molar-refractivity contribution >= 4 is 11.8 Å². The lowest BCUT2D eigenvalue weighted by Crippen LogP contribution is -2.41. The highest BCUT2D eigenvalue weighted by molar-refractivity contribution is 5.84. The smallest absolute Gasteiger partial charge is 0.412 e. The largest absolute Gasteiger partial charge is 0.444 e. The van der Waals surface area contributed by atoms with Gasteiger partial charge in [-0.05, 0) is 64.2 Å². The van der Waals surface area contributed by atoms with E-state index in [4.69, 9.17) is 10.5 Å². The monoisotopic (exact) mass is 306 g/mol. The molecule has 0 radical (unpaired) electrons. The van der Waals surface area contributed by atoms with Gasteiger partial charge in [-0.15, -0.1) is 0 Å². The number of aliphatic hydroxyl groups is 1. The summed E-state index contributed by atoms with van der Waals surface area (Å²) in [4.78, 5) is 11.7. The van der Waals surface area contributed by atoms with Crippen LogP contribution in [0.5, 0.6) is 0 Å². The minimum Gasteiger partial charge on any atom is -0.444 e. The molecule has 1 aromatic carbocycles. The standard InChI is InChI=1S/C17H26N2O3/c1-16(2,3)22-15(21)19-13-6-4-12(5-7-13)17(18)10-8-14(20)9-11-17/h4-7,14,20H,8-11,18H2,1-3H3,(H,19,21). The number of hydrogen-bond donors (Lipinski definition) is 3. The van der Waals surface area contributed by atoms with E-state index in [1.807, 2.05) is 45.0 Å². The number of nitrogens with one attached hydrogen (secondary N) is 1. The molecule has 0 heterocycles. The summed E-state index contributed by atoms with van der Waals surface area (Å²) in [5, 5.41) is 12.3. The Hall–Kier alpha value is -1.59. The fourth-order valence-corrected chi connectivity index (χ4v) is 2.71. The summed E-state index contributed by atoms with van der Waals surface area (Å²) < 4.78 is 5.22. The molecule has 0 atom stereocenters. The lowest BCUT2D eigenvalue weighted by atomic mass is 9.76. The van der Waals surface area contributed by atoms with Crippen molar-refractivity contribution in [2.45, 2.75) is 63.7 Å². The molecule has 2 rings (SSSR count). The third kappa shape index (κ3) is 4.45. The van der Waals surface area contributed by atoms with Crippen molar-refractivity contribution in [2.75, 3.05) is 5.32 Å². The second kappa shape index (κ2) is 6.26. The topological polar surface area (TPSA) is 84.6 Å². The number of rotatable bonds is 2. The van der Waals surface area contributed by atoms with Crippen LogP contribution in [-0.4, -0.2) is 22.9 Å². The predicted octanol–water partition coefficient (Wildman–Crippen LogP) is 3.12. The van der Waals surface area contributed by atoms with Gasteiger partial charge in [0.1, 0.15) is 5.60 Å². The van der Waals surface area contributed by atoms with Gasteiger partial charge in [0, 0.05) is 11.2 Å². The van der Waals surface area contributed by atoms with E-state index in [0.717, 1.165) is 31.2 Å². The summed E-state index contributed by atoms with van der Waals surface area (Å²) in [5.74, 6) is 0. The molecule has 1 aromatic rings. The SMILES string of the molecule is CC(C)(C)OC(=O)Nc1ccc(C2(N)CCC(O)CC2)cc1. The van der Waals surface area contributed by atoms with Gasteiger partial charge in [-0.1, -0.05) is 12.1 Å². The number of benzene rings is 1. The fraction of sp³-hybridized carbons (Fsp3) is 0.588. The molecule has 1 aliphatic carbocycles. The Morgan fingerprint density at radius 1 is 1.27 bits per heavy atom. The van der Waals surface area contributed by atoms with Gasteiger partial charge >= 0.3 is 6.09 Å². The molecule has 0 unspecified atom stereocenters. The normalized spacial score (nSPS) is 25.6. The molecular weight excluding hydrogens is 280 g/mol. The minimum atomic E-state index is -0.520. The quantitative estimate of drug-likeness (QED) is 0.783. The molecule has 1 saturated carbocycles. The van der Waals surface area contributed by atoms with E-state index in [9.17, 15) is 9.90 Å². The van der Waals surface area contributed by atoms with Gasteiger partial charge in [0.25, 0.3) is 0 Å². The van der Waals surface area contributed by atoms with E-state index in [1.165, 1.54) is 0 Å². The van der Waals surface area contributed by atoms with Crippen LogP contribution in [0, 0.1) is 0 Å². The van der Waals surface area contributed by atoms with Gasteiger partial charge in [-0.3, -0.25) is 5.32 Å². The van der Waals surface area contributed by atoms with E-state index >= 15 is 0 Å². The van der Waals surface area contributed by atoms with Crippen molar-refractivity contribution in [1.82, 2.24) is 0 Å². The third-order valence-corrected chi connectivity index (χ3v) is 3.95. The van der Waals surface area contributed by atoms with Crippen molar-refractivity contribution in [2.24, 2.45) is 5.73 Å². The third-order valence-electron chi connectivity index (χ3n) is 3.95. The van der Waals surface area contributed by atoms with Crippen LogP contribution < -0.4 is 11.1 Å². The molecular formula is C17H26N2O3. The van der Waals surface area contributed by atoms with Crippen LogP contribution >= 0.6 is 0 Å². The summed E-state index contributed by atoms with van der Waals surface area (Å²) in [6.45, 7) is 5.47. The Balaban J connectivity index is 2.00. The molecule has 1 fully saturated rings. The van der Waals surface area contributed by atoms with E-state index < -0.39 is 11.7 Å². The number of anilines is 1. The van der Waals surface area contributed by atoms with Gasteiger partial charge in [0.2, 0.25) is 0 Å². The first-order chi connectivity index (χ1) is 10.2. The molecule has 1 aliphatic rings. The summed E-state index contributed by atoms with van der Waals surface area (Å²) in [5.41, 5.74) is 7.26. The van der Waals surface area contributed by atoms with Crippen LogP contribution in [0.25, 0.3) is 0 Å². The number of nitrogens with two attached hydrogens (primary N) is 1. The van der Waals surface area contributed by atoms with E-state index in [-0.39, 0.29) is 11.6 Å². The molecule has 0 spiro atoms. The first kappa shape index (κ1) is 16.8. The zero-order valence-corrected chi connectivity index (χ0v) is 13.6. The average molecular weight is 306 g/mol. The van der Waals surface area contributed by atoms with E-state index in [0.29, 0.717) is 5.69 Å². The van der Waals surface area contributed by atoms with Crippen LogP contribution in [0.2, 0.25) is 0 Å². The maximum atomic E-state index is 11.7. The summed E-state index contributed by atoms with van der Waals surface area (Å²) in [7, 11) is 0. The van der Waals surface area contributed by atoms with Crippen molar-refractivity contribution in [3.05, 3.63) is 29.8 Å². The number of carbonyl (C=O) groups is 1. The van der Waals surface area contributed by atoms with Gasteiger partial charge in [0.15, 0.2) is 0 Å². The second-order valence-electron chi connectivity index (χ2n) is 7.09. The minimum absolute atomic E-state index is 0.232. The zero-order valence-electron chi connectivity index (χ0n) is 13.6. The first-order valence-corrected chi connectivity index (χ1v) is 7.75. The zero-order chi connectivity index (χ0) is 16.4. The Morgan fingerprint density at radius 2 is 1.82 bits per heavy atom. The van der Waals surface area contributed by atoms with E-state index in [2.05, 4.69) is 5.32 Å². The Kier molecular flexibility index (Phi) is 4.78. The van der Waals surface area contributed by atoms with Crippen LogP contribution in [0.15, 0.2) is 24.3 Å². The average Bonchev–Trinajstić information content (AvgIpc) is 2.41.